The van der Waals surface area contributed by atoms with Crippen molar-refractivity contribution in [2.24, 2.45) is 17.8 Å². The highest BCUT2D eigenvalue weighted by molar-refractivity contribution is 5.86. The standard InChI is InChI=1S/C21H27N3O4/c1-20(2,3)27-19(26)24-10-13-14(11-24)16(13)18(25)22-21(4,5)17-12-8-6-7-9-15(12)28-23-17/h6-9,13-14,16H,10-11H2,1-5H3,(H,22,25)/t13-,14+,16+. The molecule has 2 aromatic rings. The topological polar surface area (TPSA) is 84.7 Å². The monoisotopic (exact) mass is 385 g/mol. The molecule has 1 aliphatic heterocycles. The van der Waals surface area contributed by atoms with E-state index in [0.717, 1.165) is 11.1 Å². The van der Waals surface area contributed by atoms with Crippen molar-refractivity contribution in [1.29, 1.82) is 0 Å². The normalized spacial score (nSPS) is 24.2. The Morgan fingerprint density at radius 3 is 2.43 bits per heavy atom. The van der Waals surface area contributed by atoms with Gasteiger partial charge in [-0.05, 0) is 58.6 Å². The third-order valence-corrected chi connectivity index (χ3v) is 5.55. The first-order valence-electron chi connectivity index (χ1n) is 9.72. The van der Waals surface area contributed by atoms with E-state index < -0.39 is 11.1 Å². The number of amides is 2. The van der Waals surface area contributed by atoms with Crippen LogP contribution in [-0.2, 0) is 15.1 Å². The van der Waals surface area contributed by atoms with Gasteiger partial charge in [-0.25, -0.2) is 4.79 Å². The van der Waals surface area contributed by atoms with Crippen molar-refractivity contribution in [2.75, 3.05) is 13.1 Å². The Morgan fingerprint density at radius 1 is 1.14 bits per heavy atom. The number of nitrogens with one attached hydrogen (secondary N) is 1. The van der Waals surface area contributed by atoms with E-state index >= 15 is 0 Å². The van der Waals surface area contributed by atoms with E-state index in [0.29, 0.717) is 18.7 Å². The van der Waals surface area contributed by atoms with Gasteiger partial charge in [-0.1, -0.05) is 17.3 Å². The molecule has 0 radical (unpaired) electrons. The van der Waals surface area contributed by atoms with Crippen LogP contribution in [0.5, 0.6) is 0 Å². The summed E-state index contributed by atoms with van der Waals surface area (Å²) in [5, 5.41) is 8.21. The highest BCUT2D eigenvalue weighted by Crippen LogP contribution is 2.52. The van der Waals surface area contributed by atoms with Crippen LogP contribution in [-0.4, -0.2) is 40.7 Å². The summed E-state index contributed by atoms with van der Waals surface area (Å²) in [6.07, 6.45) is -0.298. The average molecular weight is 385 g/mol. The number of likely N-dealkylation sites (tertiary alicyclic amines) is 1. The van der Waals surface area contributed by atoms with Crippen LogP contribution in [0, 0.1) is 17.8 Å². The number of hydrogen-bond donors (Lipinski definition) is 1. The first-order valence-corrected chi connectivity index (χ1v) is 9.72. The summed E-state index contributed by atoms with van der Waals surface area (Å²) in [6, 6.07) is 7.63. The second-order valence-corrected chi connectivity index (χ2v) is 9.38. The van der Waals surface area contributed by atoms with Gasteiger partial charge in [-0.15, -0.1) is 0 Å². The van der Waals surface area contributed by atoms with Crippen molar-refractivity contribution in [3.05, 3.63) is 30.0 Å². The lowest BCUT2D eigenvalue weighted by molar-refractivity contribution is -0.125. The molecular weight excluding hydrogens is 358 g/mol. The van der Waals surface area contributed by atoms with Crippen LogP contribution in [0.3, 0.4) is 0 Å². The quantitative estimate of drug-likeness (QED) is 0.876. The smallest absolute Gasteiger partial charge is 0.410 e. The molecule has 1 aromatic carbocycles. The average Bonchev–Trinajstić information content (AvgIpc) is 2.96. The molecule has 1 saturated heterocycles. The number of carbonyl (C=O) groups excluding carboxylic acids is 2. The van der Waals surface area contributed by atoms with Crippen LogP contribution >= 0.6 is 0 Å². The molecule has 1 N–H and O–H groups in total. The zero-order valence-electron chi connectivity index (χ0n) is 17.0. The lowest BCUT2D eigenvalue weighted by atomic mass is 9.96. The molecule has 150 valence electrons. The van der Waals surface area contributed by atoms with Gasteiger partial charge in [-0.3, -0.25) is 4.79 Å². The van der Waals surface area contributed by atoms with E-state index in [-0.39, 0.29) is 29.8 Å². The first-order chi connectivity index (χ1) is 13.1. The Morgan fingerprint density at radius 2 is 1.79 bits per heavy atom. The molecule has 1 aromatic heterocycles. The van der Waals surface area contributed by atoms with E-state index in [1.54, 1.807) is 4.90 Å². The summed E-state index contributed by atoms with van der Waals surface area (Å²) < 4.78 is 10.8. The molecule has 2 amide bonds. The highest BCUT2D eigenvalue weighted by atomic mass is 16.6. The number of nitrogens with zero attached hydrogens (tertiary/aromatic N) is 2. The molecule has 1 saturated carbocycles. The number of aromatic nitrogens is 1. The van der Waals surface area contributed by atoms with Gasteiger partial charge in [0, 0.05) is 24.4 Å². The van der Waals surface area contributed by atoms with E-state index in [4.69, 9.17) is 9.26 Å². The minimum absolute atomic E-state index is 0.0101. The Kier molecular flexibility index (Phi) is 4.17. The van der Waals surface area contributed by atoms with Crippen molar-refractivity contribution >= 4 is 23.0 Å². The fourth-order valence-corrected chi connectivity index (χ4v) is 4.18. The fraction of sp³-hybridized carbons (Fsp3) is 0.571. The minimum atomic E-state index is -0.647. The summed E-state index contributed by atoms with van der Waals surface area (Å²) in [7, 11) is 0. The number of benzene rings is 1. The third-order valence-electron chi connectivity index (χ3n) is 5.55. The Balaban J connectivity index is 1.38. The molecule has 0 spiro atoms. The number of fused-ring (bicyclic) bond motifs is 2. The summed E-state index contributed by atoms with van der Waals surface area (Å²) in [5.74, 6) is 0.363. The van der Waals surface area contributed by atoms with Gasteiger partial charge in [0.15, 0.2) is 5.58 Å². The van der Waals surface area contributed by atoms with Crippen molar-refractivity contribution in [3.63, 3.8) is 0 Å². The van der Waals surface area contributed by atoms with Gasteiger partial charge in [0.05, 0.1) is 5.54 Å². The zero-order valence-corrected chi connectivity index (χ0v) is 17.0. The molecule has 0 unspecified atom stereocenters. The van der Waals surface area contributed by atoms with Crippen LogP contribution in [0.1, 0.15) is 40.3 Å². The molecule has 3 atom stereocenters. The van der Waals surface area contributed by atoms with Gasteiger partial charge in [-0.2, -0.15) is 0 Å². The van der Waals surface area contributed by atoms with E-state index in [1.165, 1.54) is 0 Å². The molecule has 7 heteroatoms. The fourth-order valence-electron chi connectivity index (χ4n) is 4.18. The van der Waals surface area contributed by atoms with Crippen LogP contribution < -0.4 is 5.32 Å². The summed E-state index contributed by atoms with van der Waals surface area (Å²) in [6.45, 7) is 10.6. The van der Waals surface area contributed by atoms with Gasteiger partial charge in [0.2, 0.25) is 5.91 Å². The zero-order chi connectivity index (χ0) is 20.3. The van der Waals surface area contributed by atoms with E-state index in [9.17, 15) is 9.59 Å². The molecule has 2 aliphatic rings. The van der Waals surface area contributed by atoms with Gasteiger partial charge in [0.1, 0.15) is 11.3 Å². The number of rotatable bonds is 3. The summed E-state index contributed by atoms with van der Waals surface area (Å²) in [5.41, 5.74) is 0.268. The maximum atomic E-state index is 12.9. The number of ether oxygens (including phenoxy) is 1. The largest absolute Gasteiger partial charge is 0.444 e. The van der Waals surface area contributed by atoms with E-state index in [1.807, 2.05) is 58.9 Å². The molecule has 28 heavy (non-hydrogen) atoms. The Hall–Kier alpha value is -2.57. The number of para-hydroxylation sites is 1. The van der Waals surface area contributed by atoms with Gasteiger partial charge in [0.25, 0.3) is 0 Å². The van der Waals surface area contributed by atoms with Crippen molar-refractivity contribution in [1.82, 2.24) is 15.4 Å². The van der Waals surface area contributed by atoms with Crippen molar-refractivity contribution < 1.29 is 18.8 Å². The van der Waals surface area contributed by atoms with E-state index in [2.05, 4.69) is 10.5 Å². The molecule has 0 bridgehead atoms. The SMILES string of the molecule is CC(C)(C)OC(=O)N1C[C@@H]2[C@H](C1)[C@H]2C(=O)NC(C)(C)c1noc2ccccc12. The third kappa shape index (κ3) is 3.34. The minimum Gasteiger partial charge on any atom is -0.444 e. The molecule has 1 aliphatic carbocycles. The molecule has 2 heterocycles. The lowest BCUT2D eigenvalue weighted by Gasteiger charge is -2.27. The number of piperidine rings is 1. The second-order valence-electron chi connectivity index (χ2n) is 9.38. The molecule has 2 fully saturated rings. The summed E-state index contributed by atoms with van der Waals surface area (Å²) >= 11 is 0. The van der Waals surface area contributed by atoms with Gasteiger partial charge >= 0.3 is 6.09 Å². The Labute approximate surface area is 164 Å². The Bertz CT molecular complexity index is 915. The highest BCUT2D eigenvalue weighted by Gasteiger charge is 2.61. The maximum absolute atomic E-state index is 12.9. The molecule has 7 nitrogen and oxygen atoms in total. The predicted molar refractivity (Wildman–Crippen MR) is 103 cm³/mol. The van der Waals surface area contributed by atoms with Gasteiger partial charge < -0.3 is 19.5 Å². The maximum Gasteiger partial charge on any atom is 0.410 e. The van der Waals surface area contributed by atoms with Crippen LogP contribution in [0.25, 0.3) is 11.0 Å². The van der Waals surface area contributed by atoms with Crippen LogP contribution in [0.15, 0.2) is 28.8 Å². The van der Waals surface area contributed by atoms with Crippen molar-refractivity contribution in [3.8, 4) is 0 Å². The molecular formula is C21H27N3O4. The molecule has 4 rings (SSSR count). The predicted octanol–water partition coefficient (Wildman–Crippen LogP) is 3.29. The van der Waals surface area contributed by atoms with Crippen LogP contribution in [0.4, 0.5) is 4.79 Å². The first kappa shape index (κ1) is 18.8. The number of hydrogen-bond acceptors (Lipinski definition) is 5. The van der Waals surface area contributed by atoms with Crippen LogP contribution in [0.2, 0.25) is 0 Å². The second kappa shape index (κ2) is 6.22. The summed E-state index contributed by atoms with van der Waals surface area (Å²) in [4.78, 5) is 26.8. The number of carbonyl (C=O) groups is 2. The van der Waals surface area contributed by atoms with Crippen molar-refractivity contribution in [2.45, 2.75) is 45.8 Å². The lowest BCUT2D eigenvalue weighted by Crippen LogP contribution is -2.44.